The zero-order chi connectivity index (χ0) is 12.7. The fraction of sp³-hybridized carbons (Fsp3) is 0.412. The molecule has 4 rings (SSSR count). The van der Waals surface area contributed by atoms with Gasteiger partial charge in [-0.3, -0.25) is 0 Å². The predicted octanol–water partition coefficient (Wildman–Crippen LogP) is 3.86. The maximum Gasteiger partial charge on any atom is 0.0674 e. The van der Waals surface area contributed by atoms with E-state index in [1.54, 1.807) is 20.9 Å². The van der Waals surface area contributed by atoms with Gasteiger partial charge < -0.3 is 5.32 Å². The van der Waals surface area contributed by atoms with Crippen LogP contribution in [-0.4, -0.2) is 6.54 Å². The first-order valence-electron chi connectivity index (χ1n) is 7.35. The number of hydrogen-bond donors (Lipinski definition) is 1. The molecule has 2 aromatic rings. The topological polar surface area (TPSA) is 12.0 Å². The molecular formula is C17H19NS. The van der Waals surface area contributed by atoms with Crippen molar-refractivity contribution < 1.29 is 0 Å². The molecule has 98 valence electrons. The van der Waals surface area contributed by atoms with E-state index in [0.29, 0.717) is 6.04 Å². The van der Waals surface area contributed by atoms with Crippen LogP contribution < -0.4 is 5.32 Å². The highest BCUT2D eigenvalue weighted by Crippen LogP contribution is 2.41. The van der Waals surface area contributed by atoms with Crippen LogP contribution in [0.3, 0.4) is 0 Å². The van der Waals surface area contributed by atoms with Crippen LogP contribution >= 0.6 is 11.3 Å². The van der Waals surface area contributed by atoms with Gasteiger partial charge in [0.1, 0.15) is 0 Å². The molecule has 0 radical (unpaired) electrons. The van der Waals surface area contributed by atoms with E-state index in [4.69, 9.17) is 0 Å². The summed E-state index contributed by atoms with van der Waals surface area (Å²) in [5.74, 6) is 0. The second kappa shape index (κ2) is 4.77. The van der Waals surface area contributed by atoms with Crippen LogP contribution in [0.5, 0.6) is 0 Å². The summed E-state index contributed by atoms with van der Waals surface area (Å²) in [6, 6.07) is 11.3. The van der Waals surface area contributed by atoms with Gasteiger partial charge >= 0.3 is 0 Å². The number of fused-ring (bicyclic) bond motifs is 3. The lowest BCUT2D eigenvalue weighted by molar-refractivity contribution is 0.572. The average Bonchev–Trinajstić information content (AvgIpc) is 2.87. The lowest BCUT2D eigenvalue weighted by atomic mass is 9.89. The van der Waals surface area contributed by atoms with Crippen LogP contribution in [0, 0.1) is 0 Å². The zero-order valence-electron chi connectivity index (χ0n) is 11.1. The van der Waals surface area contributed by atoms with Crippen molar-refractivity contribution in [3.8, 4) is 0 Å². The Bertz CT molecular complexity index is 585. The monoisotopic (exact) mass is 269 g/mol. The second-order valence-corrected chi connectivity index (χ2v) is 6.74. The van der Waals surface area contributed by atoms with Gasteiger partial charge in [0.25, 0.3) is 0 Å². The minimum absolute atomic E-state index is 0.431. The summed E-state index contributed by atoms with van der Waals surface area (Å²) < 4.78 is 0. The second-order valence-electron chi connectivity index (χ2n) is 5.60. The van der Waals surface area contributed by atoms with Gasteiger partial charge in [-0.1, -0.05) is 30.3 Å². The fourth-order valence-corrected chi connectivity index (χ4v) is 5.05. The van der Waals surface area contributed by atoms with Crippen LogP contribution in [0.1, 0.15) is 45.3 Å². The van der Waals surface area contributed by atoms with E-state index in [1.807, 2.05) is 0 Å². The Labute approximate surface area is 118 Å². The summed E-state index contributed by atoms with van der Waals surface area (Å²) in [5.41, 5.74) is 4.82. The van der Waals surface area contributed by atoms with Crippen molar-refractivity contribution in [1.82, 2.24) is 5.32 Å². The molecule has 0 saturated heterocycles. The Morgan fingerprint density at radius 2 is 1.79 bits per heavy atom. The van der Waals surface area contributed by atoms with Gasteiger partial charge in [0.05, 0.1) is 6.04 Å². The summed E-state index contributed by atoms with van der Waals surface area (Å²) >= 11 is 2.08. The van der Waals surface area contributed by atoms with E-state index in [9.17, 15) is 0 Å². The zero-order valence-corrected chi connectivity index (χ0v) is 11.9. The summed E-state index contributed by atoms with van der Waals surface area (Å²) in [4.78, 5) is 3.28. The van der Waals surface area contributed by atoms with Crippen molar-refractivity contribution in [1.29, 1.82) is 0 Å². The van der Waals surface area contributed by atoms with Gasteiger partial charge in [-0.05, 0) is 48.8 Å². The first-order valence-corrected chi connectivity index (χ1v) is 8.17. The lowest BCUT2D eigenvalue weighted by Gasteiger charge is -2.25. The Hall–Kier alpha value is -1.12. The molecule has 0 spiro atoms. The molecule has 1 aromatic carbocycles. The average molecular weight is 269 g/mol. The fourth-order valence-electron chi connectivity index (χ4n) is 3.51. The normalized spacial score (nSPS) is 21.8. The quantitative estimate of drug-likeness (QED) is 0.829. The van der Waals surface area contributed by atoms with Gasteiger partial charge in [0.15, 0.2) is 0 Å². The molecular weight excluding hydrogens is 250 g/mol. The summed E-state index contributed by atoms with van der Waals surface area (Å²) in [6.07, 6.45) is 6.64. The molecule has 1 aliphatic heterocycles. The van der Waals surface area contributed by atoms with Crippen molar-refractivity contribution >= 4 is 11.3 Å². The third-order valence-electron chi connectivity index (χ3n) is 4.43. The van der Waals surface area contributed by atoms with Gasteiger partial charge in [-0.2, -0.15) is 0 Å². The highest BCUT2D eigenvalue weighted by atomic mass is 32.1. The Balaban J connectivity index is 1.81. The molecule has 0 fully saturated rings. The molecule has 1 atom stereocenters. The molecule has 0 saturated carbocycles. The highest BCUT2D eigenvalue weighted by molar-refractivity contribution is 7.12. The van der Waals surface area contributed by atoms with Gasteiger partial charge in [-0.25, -0.2) is 0 Å². The molecule has 0 amide bonds. The van der Waals surface area contributed by atoms with Crippen LogP contribution in [0.25, 0.3) is 0 Å². The summed E-state index contributed by atoms with van der Waals surface area (Å²) in [5, 5.41) is 3.71. The predicted molar refractivity (Wildman–Crippen MR) is 81.0 cm³/mol. The minimum Gasteiger partial charge on any atom is -0.305 e. The maximum atomic E-state index is 3.71. The smallest absolute Gasteiger partial charge is 0.0674 e. The number of aryl methyl sites for hydroxylation is 1. The molecule has 19 heavy (non-hydrogen) atoms. The van der Waals surface area contributed by atoms with Crippen LogP contribution in [0.4, 0.5) is 0 Å². The van der Waals surface area contributed by atoms with E-state index in [1.165, 1.54) is 37.7 Å². The number of rotatable bonds is 1. The SMILES string of the molecule is c1ccc(C2NCCc3c2sc2c3CCCC2)cc1. The first-order chi connectivity index (χ1) is 9.43. The van der Waals surface area contributed by atoms with E-state index in [0.717, 1.165) is 6.54 Å². The van der Waals surface area contributed by atoms with Crippen LogP contribution in [0.2, 0.25) is 0 Å². The van der Waals surface area contributed by atoms with Crippen LogP contribution in [-0.2, 0) is 19.3 Å². The Kier molecular flexibility index (Phi) is 2.93. The number of hydrogen-bond acceptors (Lipinski definition) is 2. The van der Waals surface area contributed by atoms with Gasteiger partial charge in [0, 0.05) is 16.3 Å². The van der Waals surface area contributed by atoms with E-state index in [2.05, 4.69) is 47.0 Å². The largest absolute Gasteiger partial charge is 0.305 e. The molecule has 1 N–H and O–H groups in total. The number of thiophene rings is 1. The van der Waals surface area contributed by atoms with E-state index < -0.39 is 0 Å². The van der Waals surface area contributed by atoms with E-state index >= 15 is 0 Å². The molecule has 2 heterocycles. The summed E-state index contributed by atoms with van der Waals surface area (Å²) in [7, 11) is 0. The van der Waals surface area contributed by atoms with Gasteiger partial charge in [-0.15, -0.1) is 11.3 Å². The molecule has 2 heteroatoms. The van der Waals surface area contributed by atoms with Crippen molar-refractivity contribution in [2.45, 2.75) is 38.1 Å². The lowest BCUT2D eigenvalue weighted by Crippen LogP contribution is -2.29. The van der Waals surface area contributed by atoms with Crippen molar-refractivity contribution in [3.05, 3.63) is 56.8 Å². The number of nitrogens with one attached hydrogen (secondary N) is 1. The molecule has 1 unspecified atom stereocenters. The molecule has 0 bridgehead atoms. The van der Waals surface area contributed by atoms with Gasteiger partial charge in [0.2, 0.25) is 0 Å². The number of benzene rings is 1. The summed E-state index contributed by atoms with van der Waals surface area (Å²) in [6.45, 7) is 1.12. The maximum absolute atomic E-state index is 3.71. The first kappa shape index (κ1) is 11.7. The molecule has 1 nitrogen and oxygen atoms in total. The molecule has 1 aliphatic carbocycles. The van der Waals surface area contributed by atoms with Crippen molar-refractivity contribution in [3.63, 3.8) is 0 Å². The molecule has 2 aliphatic rings. The van der Waals surface area contributed by atoms with Crippen molar-refractivity contribution in [2.24, 2.45) is 0 Å². The van der Waals surface area contributed by atoms with Crippen LogP contribution in [0.15, 0.2) is 30.3 Å². The molecule has 1 aromatic heterocycles. The standard InChI is InChI=1S/C17H19NS/c1-2-6-12(7-3-1)16-17-14(10-11-18-16)13-8-4-5-9-15(13)19-17/h1-3,6-7,16,18H,4-5,8-11H2. The van der Waals surface area contributed by atoms with Crippen molar-refractivity contribution in [2.75, 3.05) is 6.54 Å². The Morgan fingerprint density at radius 3 is 2.68 bits per heavy atom. The third kappa shape index (κ3) is 1.94. The Morgan fingerprint density at radius 1 is 0.947 bits per heavy atom. The van der Waals surface area contributed by atoms with E-state index in [-0.39, 0.29) is 0 Å². The third-order valence-corrected chi connectivity index (χ3v) is 5.83. The minimum atomic E-state index is 0.431. The highest BCUT2D eigenvalue weighted by Gasteiger charge is 2.28.